The molecule has 1 saturated carbocycles. The van der Waals surface area contributed by atoms with E-state index in [0.717, 1.165) is 5.92 Å². The third-order valence-corrected chi connectivity index (χ3v) is 3.59. The Balaban J connectivity index is 2.28. The molecule has 1 fully saturated rings. The van der Waals surface area contributed by atoms with E-state index in [1.807, 2.05) is 0 Å². The zero-order valence-corrected chi connectivity index (χ0v) is 9.51. The second kappa shape index (κ2) is 3.42. The Morgan fingerprint density at radius 3 is 2.50 bits per heavy atom. The van der Waals surface area contributed by atoms with Crippen molar-refractivity contribution in [2.75, 3.05) is 0 Å². The van der Waals surface area contributed by atoms with Crippen molar-refractivity contribution in [3.63, 3.8) is 0 Å². The molecule has 0 aromatic rings. The SMILES string of the molecule is CCC1(C)C=CC(C)=C(C2CC2)C=C1. The van der Waals surface area contributed by atoms with E-state index in [1.165, 1.54) is 24.8 Å². The molecule has 14 heavy (non-hydrogen) atoms. The molecule has 2 aliphatic carbocycles. The van der Waals surface area contributed by atoms with Gasteiger partial charge >= 0.3 is 0 Å². The normalized spacial score (nSPS) is 32.2. The van der Waals surface area contributed by atoms with Crippen LogP contribution in [0, 0.1) is 11.3 Å². The molecule has 0 N–H and O–H groups in total. The molecule has 0 aromatic carbocycles. The van der Waals surface area contributed by atoms with E-state index in [0.29, 0.717) is 0 Å². The van der Waals surface area contributed by atoms with Crippen LogP contribution >= 0.6 is 0 Å². The fourth-order valence-corrected chi connectivity index (χ4v) is 1.97. The molecule has 2 aliphatic rings. The Bertz CT molecular complexity index is 313. The highest BCUT2D eigenvalue weighted by Crippen LogP contribution is 2.41. The highest BCUT2D eigenvalue weighted by molar-refractivity contribution is 5.40. The van der Waals surface area contributed by atoms with Crippen LogP contribution in [0.3, 0.4) is 0 Å². The molecule has 0 amide bonds. The van der Waals surface area contributed by atoms with E-state index in [4.69, 9.17) is 0 Å². The molecule has 0 heterocycles. The van der Waals surface area contributed by atoms with Gasteiger partial charge < -0.3 is 0 Å². The molecule has 0 aromatic heterocycles. The van der Waals surface area contributed by atoms with Crippen LogP contribution in [0.2, 0.25) is 0 Å². The molecule has 1 unspecified atom stereocenters. The van der Waals surface area contributed by atoms with Crippen molar-refractivity contribution >= 4 is 0 Å². The third kappa shape index (κ3) is 1.84. The molecule has 0 aliphatic heterocycles. The Labute approximate surface area is 87.4 Å². The van der Waals surface area contributed by atoms with E-state index >= 15 is 0 Å². The Morgan fingerprint density at radius 2 is 1.93 bits per heavy atom. The van der Waals surface area contributed by atoms with Gasteiger partial charge in [0.05, 0.1) is 0 Å². The topological polar surface area (TPSA) is 0 Å². The molecule has 0 heteroatoms. The van der Waals surface area contributed by atoms with E-state index < -0.39 is 0 Å². The molecule has 76 valence electrons. The standard InChI is InChI=1S/C14H20/c1-4-14(3)9-7-11(2)13(8-10-14)12-5-6-12/h7-10,12H,4-6H2,1-3H3. The minimum Gasteiger partial charge on any atom is -0.0745 e. The van der Waals surface area contributed by atoms with E-state index in [2.05, 4.69) is 45.1 Å². The molecule has 0 saturated heterocycles. The van der Waals surface area contributed by atoms with Gasteiger partial charge in [-0.3, -0.25) is 0 Å². The summed E-state index contributed by atoms with van der Waals surface area (Å²) in [5.41, 5.74) is 3.33. The molecule has 0 radical (unpaired) electrons. The number of hydrogen-bond acceptors (Lipinski definition) is 0. The van der Waals surface area contributed by atoms with Gasteiger partial charge in [0.25, 0.3) is 0 Å². The van der Waals surface area contributed by atoms with Gasteiger partial charge in [-0.05, 0) is 43.3 Å². The van der Waals surface area contributed by atoms with Gasteiger partial charge in [0.2, 0.25) is 0 Å². The predicted molar refractivity (Wildman–Crippen MR) is 62.1 cm³/mol. The molecule has 2 rings (SSSR count). The largest absolute Gasteiger partial charge is 0.0745 e. The van der Waals surface area contributed by atoms with Crippen molar-refractivity contribution in [2.24, 2.45) is 11.3 Å². The van der Waals surface area contributed by atoms with Crippen molar-refractivity contribution in [3.05, 3.63) is 35.5 Å². The van der Waals surface area contributed by atoms with Crippen LogP contribution in [0.5, 0.6) is 0 Å². The minimum atomic E-state index is 0.276. The lowest BCUT2D eigenvalue weighted by Crippen LogP contribution is -2.06. The Kier molecular flexibility index (Phi) is 2.38. The highest BCUT2D eigenvalue weighted by atomic mass is 14.3. The first kappa shape index (κ1) is 9.76. The van der Waals surface area contributed by atoms with Gasteiger partial charge in [-0.15, -0.1) is 0 Å². The first-order valence-electron chi connectivity index (χ1n) is 5.74. The fraction of sp³-hybridized carbons (Fsp3) is 0.571. The summed E-state index contributed by atoms with van der Waals surface area (Å²) in [4.78, 5) is 0. The zero-order valence-electron chi connectivity index (χ0n) is 9.51. The Morgan fingerprint density at radius 1 is 1.29 bits per heavy atom. The first-order chi connectivity index (χ1) is 6.64. The van der Waals surface area contributed by atoms with Crippen LogP contribution in [0.4, 0.5) is 0 Å². The molecular formula is C14H20. The summed E-state index contributed by atoms with van der Waals surface area (Å²) < 4.78 is 0. The summed E-state index contributed by atoms with van der Waals surface area (Å²) >= 11 is 0. The van der Waals surface area contributed by atoms with Crippen molar-refractivity contribution in [1.82, 2.24) is 0 Å². The van der Waals surface area contributed by atoms with Gasteiger partial charge in [-0.25, -0.2) is 0 Å². The second-order valence-corrected chi connectivity index (χ2v) is 4.94. The van der Waals surface area contributed by atoms with Gasteiger partial charge in [0, 0.05) is 5.41 Å². The third-order valence-electron chi connectivity index (χ3n) is 3.59. The summed E-state index contributed by atoms with van der Waals surface area (Å²) in [5, 5.41) is 0. The molecule has 0 spiro atoms. The maximum Gasteiger partial charge on any atom is 0.00365 e. The first-order valence-corrected chi connectivity index (χ1v) is 5.74. The highest BCUT2D eigenvalue weighted by Gasteiger charge is 2.27. The van der Waals surface area contributed by atoms with E-state index in [-0.39, 0.29) is 5.41 Å². The van der Waals surface area contributed by atoms with Gasteiger partial charge in [-0.1, -0.05) is 38.2 Å². The molecule has 0 nitrogen and oxygen atoms in total. The lowest BCUT2D eigenvalue weighted by molar-refractivity contribution is 0.530. The number of allylic oxidation sites excluding steroid dienone is 6. The number of hydrogen-bond donors (Lipinski definition) is 0. The van der Waals surface area contributed by atoms with Crippen molar-refractivity contribution < 1.29 is 0 Å². The van der Waals surface area contributed by atoms with Crippen LogP contribution in [0.1, 0.15) is 40.0 Å². The van der Waals surface area contributed by atoms with Crippen molar-refractivity contribution in [3.8, 4) is 0 Å². The van der Waals surface area contributed by atoms with Crippen molar-refractivity contribution in [2.45, 2.75) is 40.0 Å². The van der Waals surface area contributed by atoms with Crippen LogP contribution in [0.15, 0.2) is 35.5 Å². The van der Waals surface area contributed by atoms with Crippen LogP contribution in [0.25, 0.3) is 0 Å². The van der Waals surface area contributed by atoms with E-state index in [1.54, 1.807) is 5.57 Å². The summed E-state index contributed by atoms with van der Waals surface area (Å²) in [5.74, 6) is 0.870. The van der Waals surface area contributed by atoms with Crippen molar-refractivity contribution in [1.29, 1.82) is 0 Å². The zero-order chi connectivity index (χ0) is 10.2. The lowest BCUT2D eigenvalue weighted by Gasteiger charge is -2.18. The van der Waals surface area contributed by atoms with E-state index in [9.17, 15) is 0 Å². The summed E-state index contributed by atoms with van der Waals surface area (Å²) in [6.45, 7) is 6.81. The average molecular weight is 188 g/mol. The molecule has 1 atom stereocenters. The summed E-state index contributed by atoms with van der Waals surface area (Å²) in [6.07, 6.45) is 13.4. The summed E-state index contributed by atoms with van der Waals surface area (Å²) in [6, 6.07) is 0. The number of rotatable bonds is 2. The molecular weight excluding hydrogens is 168 g/mol. The Hall–Kier alpha value is -0.780. The lowest BCUT2D eigenvalue weighted by atomic mass is 9.87. The minimum absolute atomic E-state index is 0.276. The predicted octanol–water partition coefficient (Wildman–Crippen LogP) is 4.26. The van der Waals surface area contributed by atoms with Crippen LogP contribution < -0.4 is 0 Å². The van der Waals surface area contributed by atoms with Gasteiger partial charge in [-0.2, -0.15) is 0 Å². The monoisotopic (exact) mass is 188 g/mol. The second-order valence-electron chi connectivity index (χ2n) is 4.94. The van der Waals surface area contributed by atoms with Gasteiger partial charge in [0.15, 0.2) is 0 Å². The smallest absolute Gasteiger partial charge is 0.00365 e. The summed E-state index contributed by atoms with van der Waals surface area (Å²) in [7, 11) is 0. The maximum absolute atomic E-state index is 2.38. The average Bonchev–Trinajstić information content (AvgIpc) is 2.98. The molecule has 0 bridgehead atoms. The maximum atomic E-state index is 2.38. The van der Waals surface area contributed by atoms with Crippen LogP contribution in [-0.4, -0.2) is 0 Å². The van der Waals surface area contributed by atoms with Crippen LogP contribution in [-0.2, 0) is 0 Å². The fourth-order valence-electron chi connectivity index (χ4n) is 1.97. The quantitative estimate of drug-likeness (QED) is 0.607. The van der Waals surface area contributed by atoms with Gasteiger partial charge in [0.1, 0.15) is 0 Å².